The summed E-state index contributed by atoms with van der Waals surface area (Å²) >= 11 is 0. The molecule has 0 bridgehead atoms. The van der Waals surface area contributed by atoms with Gasteiger partial charge in [0.15, 0.2) is 5.75 Å². The number of carbonyl (C=O) groups excluding carboxylic acids is 1. The van der Waals surface area contributed by atoms with Crippen molar-refractivity contribution in [1.82, 2.24) is 5.43 Å². The summed E-state index contributed by atoms with van der Waals surface area (Å²) in [5, 5.41) is 15.4. The topological polar surface area (TPSA) is 112 Å². The summed E-state index contributed by atoms with van der Waals surface area (Å²) in [6.07, 6.45) is 4.07. The minimum atomic E-state index is -0.538. The average molecular weight is 415 g/mol. The minimum Gasteiger partial charge on any atom is -0.497 e. The molecule has 0 aromatic heterocycles. The summed E-state index contributed by atoms with van der Waals surface area (Å²) in [7, 11) is 2.91. The van der Waals surface area contributed by atoms with Gasteiger partial charge in [-0.05, 0) is 30.7 Å². The van der Waals surface area contributed by atoms with Crippen molar-refractivity contribution in [3.05, 3.63) is 57.6 Å². The predicted octanol–water partition coefficient (Wildman–Crippen LogP) is 3.94. The van der Waals surface area contributed by atoms with Gasteiger partial charge in [0.1, 0.15) is 5.75 Å². The van der Waals surface area contributed by atoms with Gasteiger partial charge in [0.25, 0.3) is 5.91 Å². The van der Waals surface area contributed by atoms with E-state index in [0.717, 1.165) is 19.3 Å². The number of ether oxygens (including phenoxy) is 3. The molecule has 0 saturated heterocycles. The Kier molecular flexibility index (Phi) is 8.61. The zero-order chi connectivity index (χ0) is 21.9. The molecule has 160 valence electrons. The van der Waals surface area contributed by atoms with E-state index in [9.17, 15) is 14.9 Å². The van der Waals surface area contributed by atoms with Crippen molar-refractivity contribution in [3.8, 4) is 17.2 Å². The van der Waals surface area contributed by atoms with E-state index in [1.165, 1.54) is 26.5 Å². The molecule has 0 radical (unpaired) electrons. The van der Waals surface area contributed by atoms with Crippen LogP contribution in [0, 0.1) is 10.1 Å². The number of unbranched alkanes of at least 4 members (excludes halogenated alkanes) is 2. The highest BCUT2D eigenvalue weighted by molar-refractivity contribution is 5.95. The minimum absolute atomic E-state index is 0.0798. The van der Waals surface area contributed by atoms with Crippen LogP contribution in [-0.2, 0) is 0 Å². The fourth-order valence-electron chi connectivity index (χ4n) is 2.64. The third-order valence-corrected chi connectivity index (χ3v) is 4.18. The van der Waals surface area contributed by atoms with E-state index in [-0.39, 0.29) is 17.2 Å². The third-order valence-electron chi connectivity index (χ3n) is 4.18. The van der Waals surface area contributed by atoms with Gasteiger partial charge >= 0.3 is 5.69 Å². The Morgan fingerprint density at radius 2 is 2.00 bits per heavy atom. The molecule has 0 fully saturated rings. The molecule has 0 aliphatic heterocycles. The van der Waals surface area contributed by atoms with E-state index in [0.29, 0.717) is 23.5 Å². The van der Waals surface area contributed by atoms with Crippen molar-refractivity contribution in [2.45, 2.75) is 26.2 Å². The molecule has 0 unspecified atom stereocenters. The lowest BCUT2D eigenvalue weighted by molar-refractivity contribution is -0.386. The van der Waals surface area contributed by atoms with E-state index in [1.54, 1.807) is 30.3 Å². The zero-order valence-corrected chi connectivity index (χ0v) is 17.2. The first-order valence-corrected chi connectivity index (χ1v) is 9.46. The van der Waals surface area contributed by atoms with Crippen molar-refractivity contribution in [2.75, 3.05) is 20.8 Å². The second-order valence-corrected chi connectivity index (χ2v) is 6.32. The highest BCUT2D eigenvalue weighted by Gasteiger charge is 2.22. The number of nitro benzene ring substituents is 1. The van der Waals surface area contributed by atoms with Crippen molar-refractivity contribution in [3.63, 3.8) is 0 Å². The number of amides is 1. The number of hydrogen-bond donors (Lipinski definition) is 1. The van der Waals surface area contributed by atoms with E-state index in [1.807, 2.05) is 0 Å². The molecule has 1 N–H and O–H groups in total. The lowest BCUT2D eigenvalue weighted by atomic mass is 10.2. The molecule has 9 heteroatoms. The van der Waals surface area contributed by atoms with Crippen molar-refractivity contribution < 1.29 is 23.9 Å². The maximum Gasteiger partial charge on any atom is 0.315 e. The highest BCUT2D eigenvalue weighted by atomic mass is 16.6. The normalized spacial score (nSPS) is 10.6. The van der Waals surface area contributed by atoms with Gasteiger partial charge in [-0.25, -0.2) is 5.43 Å². The van der Waals surface area contributed by atoms with Crippen LogP contribution in [0.4, 0.5) is 5.69 Å². The van der Waals surface area contributed by atoms with Crippen LogP contribution < -0.4 is 19.6 Å². The molecule has 2 aromatic rings. The van der Waals surface area contributed by atoms with Crippen molar-refractivity contribution >= 4 is 17.8 Å². The van der Waals surface area contributed by atoms with Crippen LogP contribution in [0.25, 0.3) is 0 Å². The summed E-state index contributed by atoms with van der Waals surface area (Å²) < 4.78 is 16.0. The van der Waals surface area contributed by atoms with Gasteiger partial charge in [0.2, 0.25) is 5.75 Å². The molecular weight excluding hydrogens is 390 g/mol. The number of rotatable bonds is 11. The molecule has 2 rings (SSSR count). The average Bonchev–Trinajstić information content (AvgIpc) is 2.76. The van der Waals surface area contributed by atoms with E-state index in [4.69, 9.17) is 14.2 Å². The summed E-state index contributed by atoms with van der Waals surface area (Å²) in [5.74, 6) is 0.404. The van der Waals surface area contributed by atoms with Crippen LogP contribution in [0.3, 0.4) is 0 Å². The van der Waals surface area contributed by atoms with Gasteiger partial charge in [0.05, 0.1) is 32.0 Å². The van der Waals surface area contributed by atoms with Gasteiger partial charge < -0.3 is 14.2 Å². The second kappa shape index (κ2) is 11.4. The highest BCUT2D eigenvalue weighted by Crippen LogP contribution is 2.38. The van der Waals surface area contributed by atoms with Crippen LogP contribution in [0.1, 0.15) is 42.1 Å². The number of hydrazone groups is 1. The molecule has 0 aliphatic rings. The largest absolute Gasteiger partial charge is 0.497 e. The Balaban J connectivity index is 2.17. The number of nitro groups is 1. The van der Waals surface area contributed by atoms with Crippen LogP contribution in [0.2, 0.25) is 0 Å². The molecule has 0 heterocycles. The fraction of sp³-hybridized carbons (Fsp3) is 0.333. The van der Waals surface area contributed by atoms with Crippen molar-refractivity contribution in [2.24, 2.45) is 5.10 Å². The third kappa shape index (κ3) is 6.20. The second-order valence-electron chi connectivity index (χ2n) is 6.32. The van der Waals surface area contributed by atoms with Gasteiger partial charge in [-0.1, -0.05) is 25.8 Å². The number of methoxy groups -OCH3 is 2. The first-order chi connectivity index (χ1) is 14.5. The number of benzene rings is 2. The summed E-state index contributed by atoms with van der Waals surface area (Å²) in [6, 6.07) is 9.47. The summed E-state index contributed by atoms with van der Waals surface area (Å²) in [6.45, 7) is 2.42. The number of carbonyl (C=O) groups is 1. The van der Waals surface area contributed by atoms with Gasteiger partial charge in [0, 0.05) is 17.2 Å². The smallest absolute Gasteiger partial charge is 0.315 e. The molecular formula is C21H25N3O6. The Labute approximate surface area is 174 Å². The van der Waals surface area contributed by atoms with Gasteiger partial charge in [-0.2, -0.15) is 5.10 Å². The Bertz CT molecular complexity index is 914. The number of nitrogens with zero attached hydrogens (tertiary/aromatic N) is 2. The van der Waals surface area contributed by atoms with Crippen LogP contribution in [-0.4, -0.2) is 37.9 Å². The monoisotopic (exact) mass is 415 g/mol. The molecule has 0 atom stereocenters. The number of nitrogens with one attached hydrogen (secondary N) is 1. The molecule has 0 spiro atoms. The maximum absolute atomic E-state index is 12.2. The molecule has 2 aromatic carbocycles. The standard InChI is InChI=1S/C21H25N3O6/c1-4-5-6-10-30-20-18(24(26)27)11-15(12-19(20)29-3)14-22-23-21(25)16-8-7-9-17(13-16)28-2/h7-9,11-14H,4-6,10H2,1-3H3,(H,23,25)/b22-14+. The SMILES string of the molecule is CCCCCOc1c(OC)cc(/C=N/NC(=O)c2cccc(OC)c2)cc1[N+](=O)[O-]. The molecule has 0 saturated carbocycles. The fourth-order valence-corrected chi connectivity index (χ4v) is 2.64. The molecule has 9 nitrogen and oxygen atoms in total. The first kappa shape index (κ1) is 22.7. The van der Waals surface area contributed by atoms with Crippen LogP contribution in [0.5, 0.6) is 17.2 Å². The Morgan fingerprint density at radius 3 is 2.67 bits per heavy atom. The van der Waals surface area contributed by atoms with E-state index >= 15 is 0 Å². The summed E-state index contributed by atoms with van der Waals surface area (Å²) in [4.78, 5) is 23.2. The zero-order valence-electron chi connectivity index (χ0n) is 17.2. The molecule has 30 heavy (non-hydrogen) atoms. The van der Waals surface area contributed by atoms with Crippen LogP contribution in [0.15, 0.2) is 41.5 Å². The lowest BCUT2D eigenvalue weighted by Crippen LogP contribution is -2.17. The van der Waals surface area contributed by atoms with Crippen molar-refractivity contribution in [1.29, 1.82) is 0 Å². The van der Waals surface area contributed by atoms with E-state index in [2.05, 4.69) is 17.5 Å². The summed E-state index contributed by atoms with van der Waals surface area (Å²) in [5.41, 5.74) is 2.90. The van der Waals surface area contributed by atoms with Gasteiger partial charge in [-0.3, -0.25) is 14.9 Å². The lowest BCUT2D eigenvalue weighted by Gasteiger charge is -2.11. The molecule has 0 aliphatic carbocycles. The quantitative estimate of drug-likeness (QED) is 0.257. The maximum atomic E-state index is 12.2. The molecule has 1 amide bonds. The predicted molar refractivity (Wildman–Crippen MR) is 113 cm³/mol. The first-order valence-electron chi connectivity index (χ1n) is 9.46. The number of hydrogen-bond acceptors (Lipinski definition) is 7. The Hall–Kier alpha value is -3.62. The van der Waals surface area contributed by atoms with Crippen LogP contribution >= 0.6 is 0 Å². The Morgan fingerprint density at radius 1 is 1.20 bits per heavy atom. The van der Waals surface area contributed by atoms with E-state index < -0.39 is 10.8 Å². The van der Waals surface area contributed by atoms with Gasteiger partial charge in [-0.15, -0.1) is 0 Å².